The van der Waals surface area contributed by atoms with Crippen LogP contribution in [0.4, 0.5) is 0 Å². The summed E-state index contributed by atoms with van der Waals surface area (Å²) in [6, 6.07) is 0.0118. The Morgan fingerprint density at radius 2 is 2.04 bits per heavy atom. The number of nitrogens with one attached hydrogen (secondary N) is 2. The van der Waals surface area contributed by atoms with Crippen LogP contribution in [-0.2, 0) is 14.3 Å². The Morgan fingerprint density at radius 1 is 1.36 bits per heavy atom. The summed E-state index contributed by atoms with van der Waals surface area (Å²) in [5, 5.41) is 31.1. The molecule has 2 rings (SSSR count). The van der Waals surface area contributed by atoms with E-state index >= 15 is 0 Å². The van der Waals surface area contributed by atoms with Crippen LogP contribution in [0.5, 0.6) is 0 Å². The first-order valence-corrected chi connectivity index (χ1v) is 7.56. The van der Waals surface area contributed by atoms with Gasteiger partial charge in [-0.05, 0) is 13.3 Å². The highest BCUT2D eigenvalue weighted by Gasteiger charge is 2.43. The summed E-state index contributed by atoms with van der Waals surface area (Å²) >= 11 is 0. The molecule has 1 aromatic heterocycles. The predicted octanol–water partition coefficient (Wildman–Crippen LogP) is -2.47. The highest BCUT2D eigenvalue weighted by atomic mass is 16.6. The van der Waals surface area contributed by atoms with E-state index in [-0.39, 0.29) is 12.8 Å². The average molecular weight is 357 g/mol. The van der Waals surface area contributed by atoms with E-state index in [1.165, 1.54) is 6.92 Å². The molecule has 138 valence electrons. The summed E-state index contributed by atoms with van der Waals surface area (Å²) < 4.78 is 6.37. The number of aliphatic hydroxyl groups is 2. The third-order valence-corrected chi connectivity index (χ3v) is 3.87. The van der Waals surface area contributed by atoms with E-state index in [0.717, 1.165) is 16.8 Å². The second kappa shape index (κ2) is 7.59. The number of nitrogens with zero attached hydrogens (tertiary/aromatic N) is 1. The van der Waals surface area contributed by atoms with E-state index in [1.807, 2.05) is 4.98 Å². The number of carbonyl (C=O) groups is 2. The second-order valence-corrected chi connectivity index (χ2v) is 5.73. The fraction of sp³-hybridized carbons (Fsp3) is 0.571. The first kappa shape index (κ1) is 18.8. The summed E-state index contributed by atoms with van der Waals surface area (Å²) in [4.78, 5) is 47.2. The number of carbonyl (C=O) groups excluding carboxylic acids is 1. The Balaban J connectivity index is 2.00. The highest BCUT2D eigenvalue weighted by Crippen LogP contribution is 2.30. The highest BCUT2D eigenvalue weighted by molar-refractivity contribution is 5.83. The molecule has 0 saturated carbocycles. The molecule has 0 unspecified atom stereocenters. The predicted molar refractivity (Wildman–Crippen MR) is 81.7 cm³/mol. The quantitative estimate of drug-likeness (QED) is 0.372. The Morgan fingerprint density at radius 3 is 2.64 bits per heavy atom. The van der Waals surface area contributed by atoms with Crippen LogP contribution in [0.1, 0.15) is 26.0 Å². The van der Waals surface area contributed by atoms with E-state index in [4.69, 9.17) is 9.84 Å². The number of aromatic nitrogens is 2. The summed E-state index contributed by atoms with van der Waals surface area (Å²) in [6.45, 7) is 1.31. The van der Waals surface area contributed by atoms with Crippen LogP contribution < -0.4 is 16.6 Å². The second-order valence-electron chi connectivity index (χ2n) is 5.73. The molecule has 1 saturated heterocycles. The first-order valence-electron chi connectivity index (χ1n) is 7.56. The molecule has 11 heteroatoms. The maximum atomic E-state index is 11.8. The minimum Gasteiger partial charge on any atom is -0.480 e. The van der Waals surface area contributed by atoms with Crippen LogP contribution in [0.15, 0.2) is 21.9 Å². The molecule has 5 N–H and O–H groups in total. The maximum absolute atomic E-state index is 11.8. The van der Waals surface area contributed by atoms with Crippen molar-refractivity contribution >= 4 is 11.9 Å². The SMILES string of the molecule is C[C@H](NC(=O)CC[C@H]1O[C@@H](n2ccc(=O)[nH]c2=O)[C@H](O)[C@@H]1O)C(=O)O. The van der Waals surface area contributed by atoms with Crippen LogP contribution in [0.3, 0.4) is 0 Å². The van der Waals surface area contributed by atoms with Crippen LogP contribution in [0.25, 0.3) is 0 Å². The van der Waals surface area contributed by atoms with Crippen molar-refractivity contribution in [2.24, 2.45) is 0 Å². The van der Waals surface area contributed by atoms with Crippen LogP contribution in [-0.4, -0.2) is 61.1 Å². The number of amides is 1. The van der Waals surface area contributed by atoms with Gasteiger partial charge in [0.1, 0.15) is 18.2 Å². The van der Waals surface area contributed by atoms with E-state index < -0.39 is 53.7 Å². The van der Waals surface area contributed by atoms with Gasteiger partial charge in [-0.15, -0.1) is 0 Å². The Kier molecular flexibility index (Phi) is 5.72. The van der Waals surface area contributed by atoms with Crippen molar-refractivity contribution in [1.82, 2.24) is 14.9 Å². The minimum absolute atomic E-state index is 0.00496. The van der Waals surface area contributed by atoms with E-state index in [0.29, 0.717) is 0 Å². The van der Waals surface area contributed by atoms with Gasteiger partial charge < -0.3 is 25.4 Å². The Bertz CT molecular complexity index is 757. The van der Waals surface area contributed by atoms with Crippen molar-refractivity contribution in [2.75, 3.05) is 0 Å². The van der Waals surface area contributed by atoms with Gasteiger partial charge in [0.2, 0.25) is 5.91 Å². The molecule has 0 radical (unpaired) electrons. The van der Waals surface area contributed by atoms with Crippen molar-refractivity contribution in [2.45, 2.75) is 50.3 Å². The van der Waals surface area contributed by atoms with Gasteiger partial charge in [0.15, 0.2) is 6.23 Å². The fourth-order valence-electron chi connectivity index (χ4n) is 2.47. The molecule has 1 amide bonds. The molecule has 11 nitrogen and oxygen atoms in total. The van der Waals surface area contributed by atoms with Gasteiger partial charge >= 0.3 is 11.7 Å². The van der Waals surface area contributed by atoms with Crippen molar-refractivity contribution in [1.29, 1.82) is 0 Å². The zero-order valence-corrected chi connectivity index (χ0v) is 13.3. The van der Waals surface area contributed by atoms with Crippen LogP contribution in [0, 0.1) is 0 Å². The molecular formula is C14H19N3O8. The van der Waals surface area contributed by atoms with Crippen molar-refractivity contribution in [3.63, 3.8) is 0 Å². The summed E-state index contributed by atoms with van der Waals surface area (Å²) in [5.41, 5.74) is -1.42. The van der Waals surface area contributed by atoms with Gasteiger partial charge in [0.25, 0.3) is 5.56 Å². The van der Waals surface area contributed by atoms with E-state index in [1.54, 1.807) is 0 Å². The fourth-order valence-corrected chi connectivity index (χ4v) is 2.47. The number of H-pyrrole nitrogens is 1. The Labute approximate surface area is 140 Å². The molecule has 0 spiro atoms. The van der Waals surface area contributed by atoms with Gasteiger partial charge in [-0.3, -0.25) is 23.9 Å². The smallest absolute Gasteiger partial charge is 0.330 e. The lowest BCUT2D eigenvalue weighted by atomic mass is 10.1. The van der Waals surface area contributed by atoms with Crippen molar-refractivity contribution in [3.05, 3.63) is 33.1 Å². The number of rotatable bonds is 6. The van der Waals surface area contributed by atoms with Gasteiger partial charge in [0, 0.05) is 18.7 Å². The van der Waals surface area contributed by atoms with Gasteiger partial charge in [-0.25, -0.2) is 4.79 Å². The van der Waals surface area contributed by atoms with Crippen molar-refractivity contribution < 1.29 is 29.6 Å². The number of hydrogen-bond donors (Lipinski definition) is 5. The number of carboxylic acid groups (broad SMARTS) is 1. The number of ether oxygens (including phenoxy) is 1. The molecule has 1 aliphatic heterocycles. The third kappa shape index (κ3) is 4.32. The number of hydrogen-bond acceptors (Lipinski definition) is 7. The molecule has 0 aromatic carbocycles. The largest absolute Gasteiger partial charge is 0.480 e. The van der Waals surface area contributed by atoms with Crippen LogP contribution >= 0.6 is 0 Å². The standard InChI is InChI=1S/C14H19N3O8/c1-6(13(22)23)15-8(18)3-2-7-10(20)11(21)12(25-7)17-5-4-9(19)16-14(17)24/h4-7,10-12,20-21H,2-3H2,1H3,(H,15,18)(H,22,23)(H,16,19,24)/t6-,7+,10+,11+,12+/m0/s1. The monoisotopic (exact) mass is 357 g/mol. The van der Waals surface area contributed by atoms with Crippen LogP contribution in [0.2, 0.25) is 0 Å². The molecule has 5 atom stereocenters. The normalized spacial score (nSPS) is 27.0. The molecule has 25 heavy (non-hydrogen) atoms. The molecule has 0 aliphatic carbocycles. The minimum atomic E-state index is -1.44. The summed E-state index contributed by atoms with van der Waals surface area (Å²) in [7, 11) is 0. The summed E-state index contributed by atoms with van der Waals surface area (Å²) in [6.07, 6.45) is -3.95. The van der Waals surface area contributed by atoms with Gasteiger partial charge in [0.05, 0.1) is 6.10 Å². The van der Waals surface area contributed by atoms with Crippen molar-refractivity contribution in [3.8, 4) is 0 Å². The number of aromatic amines is 1. The lowest BCUT2D eigenvalue weighted by molar-refractivity contribution is -0.141. The number of aliphatic hydroxyl groups excluding tert-OH is 2. The van der Waals surface area contributed by atoms with Gasteiger partial charge in [-0.2, -0.15) is 0 Å². The van der Waals surface area contributed by atoms with E-state index in [9.17, 15) is 29.4 Å². The number of carboxylic acids is 1. The lowest BCUT2D eigenvalue weighted by Crippen LogP contribution is -2.39. The molecule has 1 fully saturated rings. The molecule has 1 aromatic rings. The third-order valence-electron chi connectivity index (χ3n) is 3.87. The maximum Gasteiger partial charge on any atom is 0.330 e. The molecule has 0 bridgehead atoms. The topological polar surface area (TPSA) is 171 Å². The summed E-state index contributed by atoms with van der Waals surface area (Å²) in [5.74, 6) is -1.73. The molecule has 2 heterocycles. The zero-order valence-electron chi connectivity index (χ0n) is 13.3. The molecular weight excluding hydrogens is 338 g/mol. The average Bonchev–Trinajstić information content (AvgIpc) is 2.81. The Hall–Kier alpha value is -2.50. The first-order chi connectivity index (χ1) is 11.7. The van der Waals surface area contributed by atoms with Gasteiger partial charge in [-0.1, -0.05) is 0 Å². The molecule has 1 aliphatic rings. The van der Waals surface area contributed by atoms with E-state index in [2.05, 4.69) is 5.32 Å². The number of aliphatic carboxylic acids is 1. The zero-order chi connectivity index (χ0) is 18.7. The lowest BCUT2D eigenvalue weighted by Gasteiger charge is -2.16.